The van der Waals surface area contributed by atoms with Gasteiger partial charge in [0, 0.05) is 23.9 Å². The van der Waals surface area contributed by atoms with E-state index in [0.717, 1.165) is 29.9 Å². The highest BCUT2D eigenvalue weighted by atomic mass is 32.2. The number of likely N-dealkylation sites (tertiary alicyclic amines) is 1. The molecule has 0 spiro atoms. The van der Waals surface area contributed by atoms with Crippen LogP contribution in [0.5, 0.6) is 5.75 Å². The fourth-order valence-corrected chi connectivity index (χ4v) is 3.93. The maximum Gasteiger partial charge on any atom is 0.277 e. The monoisotopic (exact) mass is 362 g/mol. The lowest BCUT2D eigenvalue weighted by molar-refractivity contribution is 0.220. The molecule has 1 atom stereocenters. The molecule has 1 unspecified atom stereocenters. The van der Waals surface area contributed by atoms with Crippen molar-refractivity contribution in [3.05, 3.63) is 41.0 Å². The maximum atomic E-state index is 5.89. The molecule has 136 valence electrons. The number of aromatic amines is 1. The minimum Gasteiger partial charge on any atom is -0.494 e. The molecule has 0 amide bonds. The van der Waals surface area contributed by atoms with Crippen molar-refractivity contribution in [2.24, 2.45) is 4.99 Å². The van der Waals surface area contributed by atoms with Gasteiger partial charge in [0.1, 0.15) is 11.4 Å². The van der Waals surface area contributed by atoms with Crippen LogP contribution in [0.15, 0.2) is 29.3 Å². The van der Waals surface area contributed by atoms with Gasteiger partial charge in [0.15, 0.2) is 0 Å². The lowest BCUT2D eigenvalue weighted by Crippen LogP contribution is -2.29. The molecule has 0 radical (unpaired) electrons. The smallest absolute Gasteiger partial charge is 0.277 e. The van der Waals surface area contributed by atoms with Gasteiger partial charge in [-0.1, -0.05) is 23.7 Å². The number of nitrogens with one attached hydrogen (secondary N) is 1. The third-order valence-corrected chi connectivity index (χ3v) is 5.25. The second kappa shape index (κ2) is 9.12. The van der Waals surface area contributed by atoms with Crippen molar-refractivity contribution in [2.45, 2.75) is 39.2 Å². The summed E-state index contributed by atoms with van der Waals surface area (Å²) in [6.45, 7) is 6.75. The Kier molecular flexibility index (Phi) is 6.61. The number of rotatable bonds is 7. The molecule has 25 heavy (non-hydrogen) atoms. The lowest BCUT2D eigenvalue weighted by Gasteiger charge is -2.26. The van der Waals surface area contributed by atoms with Gasteiger partial charge < -0.3 is 4.74 Å². The number of aryl methyl sites for hydroxylation is 1. The Bertz CT molecular complexity index is 733. The fraction of sp³-hybridized carbons (Fsp3) is 0.556. The average Bonchev–Trinajstić information content (AvgIpc) is 2.93. The summed E-state index contributed by atoms with van der Waals surface area (Å²) < 4.78 is 13.2. The number of hydrogen-bond acceptors (Lipinski definition) is 5. The Morgan fingerprint density at radius 3 is 2.92 bits per heavy atom. The molecule has 1 aliphatic heterocycles. The van der Waals surface area contributed by atoms with Gasteiger partial charge in [-0.3, -0.25) is 9.89 Å². The molecule has 7 heteroatoms. The molecular formula is C18H28N5OS+. The highest BCUT2D eigenvalue weighted by molar-refractivity contribution is 7.20. The van der Waals surface area contributed by atoms with Gasteiger partial charge in [0.2, 0.25) is 5.49 Å². The molecule has 0 bridgehead atoms. The summed E-state index contributed by atoms with van der Waals surface area (Å²) in [5.41, 5.74) is 3.03. The van der Waals surface area contributed by atoms with Crippen LogP contribution in [0.2, 0.25) is 0 Å². The second-order valence-electron chi connectivity index (χ2n) is 6.51. The maximum absolute atomic E-state index is 5.89. The Morgan fingerprint density at radius 1 is 1.32 bits per heavy atom. The zero-order valence-electron chi connectivity index (χ0n) is 14.9. The third kappa shape index (κ3) is 5.66. The van der Waals surface area contributed by atoms with Crippen LogP contribution in [-0.2, 0) is 6.54 Å². The van der Waals surface area contributed by atoms with Gasteiger partial charge in [-0.2, -0.15) is 0 Å². The van der Waals surface area contributed by atoms with E-state index in [2.05, 4.69) is 36.8 Å². The molecule has 2 heterocycles. The van der Waals surface area contributed by atoms with Crippen LogP contribution < -0.4 is 15.4 Å². The SMILES string of the molecule is Cc1n[s+](N)[nH]c1=NCCCOc1cccc(CN2CCCCC2)c1. The Hall–Kier alpha value is -1.70. The van der Waals surface area contributed by atoms with Crippen LogP contribution in [0.3, 0.4) is 0 Å². The van der Waals surface area contributed by atoms with Crippen LogP contribution >= 0.6 is 11.0 Å². The molecule has 6 nitrogen and oxygen atoms in total. The summed E-state index contributed by atoms with van der Waals surface area (Å²) in [5.74, 6) is 0.947. The van der Waals surface area contributed by atoms with E-state index in [1.165, 1.54) is 37.9 Å². The van der Waals surface area contributed by atoms with Gasteiger partial charge in [0.25, 0.3) is 11.0 Å². The number of H-pyrrole nitrogens is 1. The van der Waals surface area contributed by atoms with Crippen molar-refractivity contribution in [3.63, 3.8) is 0 Å². The van der Waals surface area contributed by atoms with E-state index in [1.807, 2.05) is 13.0 Å². The quantitative estimate of drug-likeness (QED) is 0.586. The first-order chi connectivity index (χ1) is 12.2. The van der Waals surface area contributed by atoms with E-state index in [0.29, 0.717) is 13.2 Å². The van der Waals surface area contributed by atoms with Crippen molar-refractivity contribution in [3.8, 4) is 5.75 Å². The molecule has 2 aromatic rings. The third-order valence-electron chi connectivity index (χ3n) is 4.37. The van der Waals surface area contributed by atoms with E-state index in [1.54, 1.807) is 0 Å². The van der Waals surface area contributed by atoms with E-state index < -0.39 is 11.0 Å². The summed E-state index contributed by atoms with van der Waals surface area (Å²) in [7, 11) is 0. The van der Waals surface area contributed by atoms with Crippen molar-refractivity contribution in [1.82, 2.24) is 13.6 Å². The summed E-state index contributed by atoms with van der Waals surface area (Å²) >= 11 is -0.604. The first kappa shape index (κ1) is 18.1. The zero-order chi connectivity index (χ0) is 17.5. The first-order valence-corrected chi connectivity index (χ1v) is 10.2. The Labute approximate surface area is 152 Å². The van der Waals surface area contributed by atoms with Crippen molar-refractivity contribution >= 4 is 11.0 Å². The number of ether oxygens (including phenoxy) is 1. The normalized spacial score (nSPS) is 17.0. The van der Waals surface area contributed by atoms with E-state index >= 15 is 0 Å². The molecule has 1 aromatic heterocycles. The highest BCUT2D eigenvalue weighted by Crippen LogP contribution is 2.17. The van der Waals surface area contributed by atoms with Crippen LogP contribution in [-0.4, -0.2) is 39.9 Å². The predicted molar refractivity (Wildman–Crippen MR) is 102 cm³/mol. The fourth-order valence-electron chi connectivity index (χ4n) is 3.09. The molecule has 1 saturated heterocycles. The van der Waals surface area contributed by atoms with Crippen molar-refractivity contribution in [2.75, 3.05) is 31.4 Å². The molecule has 0 aliphatic carbocycles. The molecule has 3 N–H and O–H groups in total. The van der Waals surface area contributed by atoms with E-state index in [4.69, 9.17) is 9.88 Å². The van der Waals surface area contributed by atoms with Crippen LogP contribution in [0.25, 0.3) is 0 Å². The molecule has 1 aliphatic rings. The lowest BCUT2D eigenvalue weighted by atomic mass is 10.1. The number of aromatic nitrogens is 2. The van der Waals surface area contributed by atoms with Gasteiger partial charge in [0.05, 0.1) is 6.61 Å². The largest absolute Gasteiger partial charge is 0.494 e. The number of hydrogen-bond donors (Lipinski definition) is 2. The van der Waals surface area contributed by atoms with Gasteiger partial charge in [-0.15, -0.1) is 4.37 Å². The first-order valence-electron chi connectivity index (χ1n) is 9.00. The van der Waals surface area contributed by atoms with Crippen molar-refractivity contribution < 1.29 is 4.74 Å². The summed E-state index contributed by atoms with van der Waals surface area (Å²) in [5, 5.41) is 5.72. The molecule has 0 saturated carbocycles. The van der Waals surface area contributed by atoms with E-state index in [9.17, 15) is 0 Å². The predicted octanol–water partition coefficient (Wildman–Crippen LogP) is 2.54. The minimum atomic E-state index is -0.604. The number of nitrogen functional groups attached to an aromatic ring is 1. The molecule has 1 aromatic carbocycles. The van der Waals surface area contributed by atoms with Crippen LogP contribution in [0.1, 0.15) is 36.9 Å². The van der Waals surface area contributed by atoms with Gasteiger partial charge in [-0.05, 0) is 50.6 Å². The van der Waals surface area contributed by atoms with Crippen molar-refractivity contribution in [1.29, 1.82) is 0 Å². The second-order valence-corrected chi connectivity index (χ2v) is 7.53. The molecule has 1 fully saturated rings. The van der Waals surface area contributed by atoms with Crippen LogP contribution in [0, 0.1) is 6.92 Å². The Balaban J connectivity index is 1.44. The van der Waals surface area contributed by atoms with E-state index in [-0.39, 0.29) is 0 Å². The topological polar surface area (TPSA) is 79.5 Å². The molecule has 3 rings (SSSR count). The average molecular weight is 363 g/mol. The highest BCUT2D eigenvalue weighted by Gasteiger charge is 2.10. The number of benzene rings is 1. The standard InChI is InChI=1S/C18H28N5OS/c1-15-18(22-25(19)21-15)20-9-6-12-24-17-8-5-7-16(13-17)14-23-10-3-2-4-11-23/h5,7-8,13H,2-4,6,9-12,14,19H2,1H3,(H,20,22)/q+1. The number of nitrogens with zero attached hydrogens (tertiary/aromatic N) is 3. The minimum absolute atomic E-state index is 0.604. The summed E-state index contributed by atoms with van der Waals surface area (Å²) in [6, 6.07) is 8.46. The summed E-state index contributed by atoms with van der Waals surface area (Å²) in [4.78, 5) is 7.03. The number of nitrogens with two attached hydrogens (primary N) is 1. The Morgan fingerprint density at radius 2 is 2.16 bits per heavy atom. The summed E-state index contributed by atoms with van der Waals surface area (Å²) in [6.07, 6.45) is 4.89. The van der Waals surface area contributed by atoms with Gasteiger partial charge >= 0.3 is 0 Å². The number of piperidine rings is 1. The van der Waals surface area contributed by atoms with Gasteiger partial charge in [-0.25, -0.2) is 0 Å². The van der Waals surface area contributed by atoms with Crippen LogP contribution in [0.4, 0.5) is 0 Å². The molecular weight excluding hydrogens is 334 g/mol. The zero-order valence-corrected chi connectivity index (χ0v) is 15.7.